The number of nitrogens with zero attached hydrogens (tertiary/aromatic N) is 2. The Balaban J connectivity index is 2.24. The number of hydrogen-bond acceptors (Lipinski definition) is 4. The quantitative estimate of drug-likeness (QED) is 0.669. The molecule has 0 bridgehead atoms. The van der Waals surface area contributed by atoms with Gasteiger partial charge in [0.2, 0.25) is 5.89 Å². The van der Waals surface area contributed by atoms with Crippen LogP contribution in [-0.2, 0) is 0 Å². The Morgan fingerprint density at radius 1 is 1.29 bits per heavy atom. The molecule has 0 spiro atoms. The van der Waals surface area contributed by atoms with Crippen molar-refractivity contribution in [2.24, 2.45) is 0 Å². The largest absolute Gasteiger partial charge is 0.434 e. The zero-order valence-corrected chi connectivity index (χ0v) is 9.48. The number of fused-ring (bicyclic) bond motifs is 1. The summed E-state index contributed by atoms with van der Waals surface area (Å²) >= 11 is 5.91. The molecule has 3 aromatic rings. The normalized spacial score (nSPS) is 10.9. The summed E-state index contributed by atoms with van der Waals surface area (Å²) in [7, 11) is 0. The average molecular weight is 246 g/mol. The minimum atomic E-state index is 0.482. The molecule has 4 nitrogen and oxygen atoms in total. The minimum Gasteiger partial charge on any atom is -0.434 e. The third kappa shape index (κ3) is 1.72. The SMILES string of the molecule is Nc1cc(Cl)cc2nc(-c3cccnc3)oc12. The molecular formula is C12H8ClN3O. The van der Waals surface area contributed by atoms with E-state index in [0.717, 1.165) is 5.56 Å². The van der Waals surface area contributed by atoms with Gasteiger partial charge in [-0.3, -0.25) is 4.98 Å². The molecule has 5 heteroatoms. The van der Waals surface area contributed by atoms with E-state index < -0.39 is 0 Å². The Morgan fingerprint density at radius 2 is 2.18 bits per heavy atom. The lowest BCUT2D eigenvalue weighted by Gasteiger charge is -1.94. The van der Waals surface area contributed by atoms with E-state index in [9.17, 15) is 0 Å². The zero-order valence-electron chi connectivity index (χ0n) is 8.72. The van der Waals surface area contributed by atoms with Gasteiger partial charge in [0.05, 0.1) is 11.3 Å². The van der Waals surface area contributed by atoms with E-state index in [4.69, 9.17) is 21.8 Å². The number of halogens is 1. The van der Waals surface area contributed by atoms with Crippen LogP contribution in [0.4, 0.5) is 5.69 Å². The maximum Gasteiger partial charge on any atom is 0.228 e. The lowest BCUT2D eigenvalue weighted by atomic mass is 10.3. The van der Waals surface area contributed by atoms with Crippen LogP contribution in [0.5, 0.6) is 0 Å². The highest BCUT2D eigenvalue weighted by Crippen LogP contribution is 2.30. The molecule has 0 atom stereocenters. The van der Waals surface area contributed by atoms with Crippen LogP contribution in [0.15, 0.2) is 41.1 Å². The molecule has 0 saturated heterocycles. The van der Waals surface area contributed by atoms with Crippen molar-refractivity contribution in [3.8, 4) is 11.5 Å². The maximum absolute atomic E-state index is 5.91. The standard InChI is InChI=1S/C12H8ClN3O/c13-8-4-9(14)11-10(5-8)16-12(17-11)7-2-1-3-15-6-7/h1-6H,14H2. The number of nitrogen functional groups attached to an aromatic ring is 1. The number of anilines is 1. The van der Waals surface area contributed by atoms with Gasteiger partial charge in [-0.2, -0.15) is 0 Å². The Bertz CT molecular complexity index is 679. The average Bonchev–Trinajstić information content (AvgIpc) is 2.74. The van der Waals surface area contributed by atoms with E-state index in [2.05, 4.69) is 9.97 Å². The predicted molar refractivity (Wildman–Crippen MR) is 66.7 cm³/mol. The van der Waals surface area contributed by atoms with Gasteiger partial charge < -0.3 is 10.2 Å². The van der Waals surface area contributed by atoms with Crippen molar-refractivity contribution < 1.29 is 4.42 Å². The van der Waals surface area contributed by atoms with Crippen molar-refractivity contribution >= 4 is 28.4 Å². The van der Waals surface area contributed by atoms with Gasteiger partial charge in [-0.15, -0.1) is 0 Å². The number of oxazole rings is 1. The van der Waals surface area contributed by atoms with Crippen LogP contribution in [0.25, 0.3) is 22.6 Å². The first-order valence-electron chi connectivity index (χ1n) is 5.00. The second-order valence-electron chi connectivity index (χ2n) is 3.60. The Hall–Kier alpha value is -2.07. The number of benzene rings is 1. The molecular weight excluding hydrogens is 238 g/mol. The van der Waals surface area contributed by atoms with E-state index in [1.54, 1.807) is 24.5 Å². The summed E-state index contributed by atoms with van der Waals surface area (Å²) in [5.41, 5.74) is 8.30. The summed E-state index contributed by atoms with van der Waals surface area (Å²) in [6.07, 6.45) is 3.37. The van der Waals surface area contributed by atoms with Crippen LogP contribution in [0.3, 0.4) is 0 Å². The zero-order chi connectivity index (χ0) is 11.8. The molecule has 2 heterocycles. The molecule has 0 radical (unpaired) electrons. The molecule has 0 saturated carbocycles. The highest BCUT2D eigenvalue weighted by molar-refractivity contribution is 6.31. The lowest BCUT2D eigenvalue weighted by Crippen LogP contribution is -1.84. The Labute approximate surface area is 102 Å². The molecule has 84 valence electrons. The first-order valence-corrected chi connectivity index (χ1v) is 5.38. The van der Waals surface area contributed by atoms with E-state index >= 15 is 0 Å². The first-order chi connectivity index (χ1) is 8.24. The molecule has 3 rings (SSSR count). The molecule has 0 amide bonds. The molecule has 2 N–H and O–H groups in total. The van der Waals surface area contributed by atoms with E-state index in [1.165, 1.54) is 0 Å². The minimum absolute atomic E-state index is 0.482. The van der Waals surface area contributed by atoms with Crippen LogP contribution >= 0.6 is 11.6 Å². The van der Waals surface area contributed by atoms with Gasteiger partial charge in [0.1, 0.15) is 5.52 Å². The second kappa shape index (κ2) is 3.75. The van der Waals surface area contributed by atoms with Gasteiger partial charge in [-0.05, 0) is 24.3 Å². The second-order valence-corrected chi connectivity index (χ2v) is 4.04. The van der Waals surface area contributed by atoms with Gasteiger partial charge in [-0.1, -0.05) is 11.6 Å². The fourth-order valence-corrected chi connectivity index (χ4v) is 1.86. The van der Waals surface area contributed by atoms with Crippen LogP contribution in [-0.4, -0.2) is 9.97 Å². The van der Waals surface area contributed by atoms with Crippen molar-refractivity contribution in [2.75, 3.05) is 5.73 Å². The number of pyridine rings is 1. The van der Waals surface area contributed by atoms with Gasteiger partial charge in [0.25, 0.3) is 0 Å². The Kier molecular flexibility index (Phi) is 2.23. The molecule has 0 unspecified atom stereocenters. The van der Waals surface area contributed by atoms with E-state index in [0.29, 0.717) is 27.7 Å². The highest BCUT2D eigenvalue weighted by Gasteiger charge is 2.11. The third-order valence-electron chi connectivity index (χ3n) is 2.39. The maximum atomic E-state index is 5.91. The predicted octanol–water partition coefficient (Wildman–Crippen LogP) is 3.13. The van der Waals surface area contributed by atoms with Crippen molar-refractivity contribution in [1.82, 2.24) is 9.97 Å². The molecule has 0 aliphatic carbocycles. The first kappa shape index (κ1) is 10.1. The molecule has 0 aliphatic rings. The summed E-state index contributed by atoms with van der Waals surface area (Å²) in [5.74, 6) is 0.488. The summed E-state index contributed by atoms with van der Waals surface area (Å²) in [6.45, 7) is 0. The van der Waals surface area contributed by atoms with Crippen LogP contribution in [0.2, 0.25) is 5.02 Å². The Morgan fingerprint density at radius 3 is 2.94 bits per heavy atom. The third-order valence-corrected chi connectivity index (χ3v) is 2.61. The number of hydrogen-bond donors (Lipinski definition) is 1. The summed E-state index contributed by atoms with van der Waals surface area (Å²) < 4.78 is 5.61. The van der Waals surface area contributed by atoms with Gasteiger partial charge in [0.15, 0.2) is 5.58 Å². The fourth-order valence-electron chi connectivity index (χ4n) is 1.64. The highest BCUT2D eigenvalue weighted by atomic mass is 35.5. The lowest BCUT2D eigenvalue weighted by molar-refractivity contribution is 0.620. The monoisotopic (exact) mass is 245 g/mol. The molecule has 0 fully saturated rings. The number of aromatic nitrogens is 2. The smallest absolute Gasteiger partial charge is 0.228 e. The molecule has 2 aromatic heterocycles. The fraction of sp³-hybridized carbons (Fsp3) is 0. The number of rotatable bonds is 1. The van der Waals surface area contributed by atoms with Gasteiger partial charge >= 0.3 is 0 Å². The van der Waals surface area contributed by atoms with Crippen molar-refractivity contribution in [3.63, 3.8) is 0 Å². The number of nitrogens with two attached hydrogens (primary N) is 1. The topological polar surface area (TPSA) is 64.9 Å². The van der Waals surface area contributed by atoms with E-state index in [-0.39, 0.29) is 0 Å². The van der Waals surface area contributed by atoms with E-state index in [1.807, 2.05) is 12.1 Å². The molecule has 0 aliphatic heterocycles. The summed E-state index contributed by atoms with van der Waals surface area (Å²) in [4.78, 5) is 8.35. The van der Waals surface area contributed by atoms with Crippen molar-refractivity contribution in [3.05, 3.63) is 41.7 Å². The van der Waals surface area contributed by atoms with Crippen molar-refractivity contribution in [2.45, 2.75) is 0 Å². The van der Waals surface area contributed by atoms with Crippen LogP contribution in [0.1, 0.15) is 0 Å². The van der Waals surface area contributed by atoms with Gasteiger partial charge in [0, 0.05) is 17.4 Å². The summed E-state index contributed by atoms with van der Waals surface area (Å²) in [6, 6.07) is 7.05. The van der Waals surface area contributed by atoms with Gasteiger partial charge in [-0.25, -0.2) is 4.98 Å². The van der Waals surface area contributed by atoms with Crippen molar-refractivity contribution in [1.29, 1.82) is 0 Å². The molecule has 1 aromatic carbocycles. The molecule has 17 heavy (non-hydrogen) atoms. The van der Waals surface area contributed by atoms with Crippen LogP contribution in [0, 0.1) is 0 Å². The summed E-state index contributed by atoms with van der Waals surface area (Å²) in [5, 5.41) is 0.543. The van der Waals surface area contributed by atoms with Crippen LogP contribution < -0.4 is 5.73 Å².